The van der Waals surface area contributed by atoms with Crippen molar-refractivity contribution >= 4 is 54.8 Å². The number of nitro benzene ring substituents is 1. The second kappa shape index (κ2) is 6.77. The van der Waals surface area contributed by atoms with E-state index in [2.05, 4.69) is 37.2 Å². The molecule has 1 unspecified atom stereocenters. The number of nitrogens with one attached hydrogen (secondary N) is 1. The molecule has 2 rings (SSSR count). The molecule has 0 radical (unpaired) electrons. The molecular formula is C14H11Br2ClN2O2. The SMILES string of the molecule is CC(Nc1cc([N+](=O)[O-])ccc1Cl)c1ccc(Br)cc1Br. The number of halogens is 3. The number of benzene rings is 2. The van der Waals surface area contributed by atoms with E-state index in [0.29, 0.717) is 10.7 Å². The molecule has 0 saturated carbocycles. The zero-order chi connectivity index (χ0) is 15.6. The highest BCUT2D eigenvalue weighted by molar-refractivity contribution is 9.11. The van der Waals surface area contributed by atoms with Crippen LogP contribution in [0.3, 0.4) is 0 Å². The molecule has 0 fully saturated rings. The van der Waals surface area contributed by atoms with Crippen LogP contribution in [0.4, 0.5) is 11.4 Å². The van der Waals surface area contributed by atoms with E-state index in [4.69, 9.17) is 11.6 Å². The fraction of sp³-hybridized carbons (Fsp3) is 0.143. The maximum atomic E-state index is 10.8. The van der Waals surface area contributed by atoms with E-state index in [1.165, 1.54) is 18.2 Å². The Balaban J connectivity index is 2.28. The second-order valence-corrected chi connectivity index (χ2v) is 6.63. The van der Waals surface area contributed by atoms with Gasteiger partial charge in [0.25, 0.3) is 5.69 Å². The normalized spacial score (nSPS) is 12.0. The Morgan fingerprint density at radius 3 is 2.57 bits per heavy atom. The van der Waals surface area contributed by atoms with Gasteiger partial charge in [-0.3, -0.25) is 10.1 Å². The van der Waals surface area contributed by atoms with Crippen LogP contribution in [0.25, 0.3) is 0 Å². The van der Waals surface area contributed by atoms with Crippen LogP contribution in [0, 0.1) is 10.1 Å². The summed E-state index contributed by atoms with van der Waals surface area (Å²) < 4.78 is 1.91. The Morgan fingerprint density at radius 1 is 1.24 bits per heavy atom. The molecule has 0 aliphatic rings. The molecule has 0 aliphatic carbocycles. The van der Waals surface area contributed by atoms with E-state index in [1.807, 2.05) is 25.1 Å². The minimum atomic E-state index is -0.443. The summed E-state index contributed by atoms with van der Waals surface area (Å²) >= 11 is 13.0. The maximum absolute atomic E-state index is 10.8. The van der Waals surface area contributed by atoms with Crippen molar-refractivity contribution in [1.29, 1.82) is 0 Å². The van der Waals surface area contributed by atoms with Crippen molar-refractivity contribution in [2.45, 2.75) is 13.0 Å². The summed E-state index contributed by atoms with van der Waals surface area (Å²) in [6, 6.07) is 10.1. The predicted octanol–water partition coefficient (Wildman–Crippen LogP) is 5.95. The van der Waals surface area contributed by atoms with E-state index in [9.17, 15) is 10.1 Å². The van der Waals surface area contributed by atoms with Crippen LogP contribution in [-0.4, -0.2) is 4.92 Å². The monoisotopic (exact) mass is 432 g/mol. The first kappa shape index (κ1) is 16.3. The summed E-state index contributed by atoms with van der Waals surface area (Å²) in [4.78, 5) is 10.4. The van der Waals surface area contributed by atoms with E-state index in [0.717, 1.165) is 14.5 Å². The lowest BCUT2D eigenvalue weighted by molar-refractivity contribution is -0.384. The molecule has 0 bridgehead atoms. The quantitative estimate of drug-likeness (QED) is 0.478. The molecule has 7 heteroatoms. The van der Waals surface area contributed by atoms with Crippen molar-refractivity contribution in [3.8, 4) is 0 Å². The van der Waals surface area contributed by atoms with Gasteiger partial charge in [-0.1, -0.05) is 49.5 Å². The number of hydrogen-bond donors (Lipinski definition) is 1. The Kier molecular flexibility index (Phi) is 5.24. The van der Waals surface area contributed by atoms with Crippen LogP contribution < -0.4 is 5.32 Å². The number of hydrogen-bond acceptors (Lipinski definition) is 3. The van der Waals surface area contributed by atoms with Crippen LogP contribution in [-0.2, 0) is 0 Å². The molecule has 0 spiro atoms. The highest BCUT2D eigenvalue weighted by atomic mass is 79.9. The van der Waals surface area contributed by atoms with Crippen molar-refractivity contribution in [2.24, 2.45) is 0 Å². The van der Waals surface area contributed by atoms with Gasteiger partial charge in [0.05, 0.1) is 15.6 Å². The Morgan fingerprint density at radius 2 is 1.95 bits per heavy atom. The molecule has 0 amide bonds. The summed E-state index contributed by atoms with van der Waals surface area (Å²) in [5.41, 5.74) is 1.57. The van der Waals surface area contributed by atoms with E-state index in [1.54, 1.807) is 0 Å². The number of anilines is 1. The second-order valence-electron chi connectivity index (χ2n) is 4.45. The number of non-ortho nitro benzene ring substituents is 1. The van der Waals surface area contributed by atoms with Crippen LogP contribution in [0.15, 0.2) is 45.3 Å². The van der Waals surface area contributed by atoms with Crippen molar-refractivity contribution < 1.29 is 4.92 Å². The van der Waals surface area contributed by atoms with Gasteiger partial charge in [0.1, 0.15) is 0 Å². The third-order valence-electron chi connectivity index (χ3n) is 2.96. The number of nitro groups is 1. The first-order valence-corrected chi connectivity index (χ1v) is 8.00. The minimum Gasteiger partial charge on any atom is -0.377 e. The average Bonchev–Trinajstić information content (AvgIpc) is 2.40. The molecule has 0 saturated heterocycles. The third kappa shape index (κ3) is 3.96. The molecule has 110 valence electrons. The van der Waals surface area contributed by atoms with Crippen LogP contribution in [0.1, 0.15) is 18.5 Å². The van der Waals surface area contributed by atoms with Crippen LogP contribution in [0.2, 0.25) is 5.02 Å². The van der Waals surface area contributed by atoms with Gasteiger partial charge in [0, 0.05) is 27.1 Å². The Bertz CT molecular complexity index is 695. The zero-order valence-corrected chi connectivity index (χ0v) is 14.9. The smallest absolute Gasteiger partial charge is 0.271 e. The van der Waals surface area contributed by atoms with Gasteiger partial charge in [-0.05, 0) is 30.7 Å². The van der Waals surface area contributed by atoms with Crippen LogP contribution in [0.5, 0.6) is 0 Å². The van der Waals surface area contributed by atoms with Gasteiger partial charge in [0.15, 0.2) is 0 Å². The number of rotatable bonds is 4. The first-order valence-electron chi connectivity index (χ1n) is 6.04. The van der Waals surface area contributed by atoms with Crippen molar-refractivity contribution in [3.05, 3.63) is 66.0 Å². The Hall–Kier alpha value is -1.11. The first-order chi connectivity index (χ1) is 9.88. The highest BCUT2D eigenvalue weighted by Gasteiger charge is 2.14. The molecule has 0 aromatic heterocycles. The van der Waals surface area contributed by atoms with Gasteiger partial charge in [0.2, 0.25) is 0 Å². The van der Waals surface area contributed by atoms with E-state index >= 15 is 0 Å². The molecule has 21 heavy (non-hydrogen) atoms. The molecule has 2 aromatic rings. The standard InChI is InChI=1S/C14H11Br2ClN2O2/c1-8(11-4-2-9(15)6-12(11)16)18-14-7-10(19(20)21)3-5-13(14)17/h2-8,18H,1H3. The maximum Gasteiger partial charge on any atom is 0.271 e. The fourth-order valence-electron chi connectivity index (χ4n) is 1.90. The Labute approximate surface area is 143 Å². The van der Waals surface area contributed by atoms with Gasteiger partial charge in [-0.25, -0.2) is 0 Å². The average molecular weight is 435 g/mol. The fourth-order valence-corrected chi connectivity index (χ4v) is 3.46. The van der Waals surface area contributed by atoms with Gasteiger partial charge >= 0.3 is 0 Å². The highest BCUT2D eigenvalue weighted by Crippen LogP contribution is 2.33. The summed E-state index contributed by atoms with van der Waals surface area (Å²) in [6.45, 7) is 1.96. The molecule has 1 atom stereocenters. The molecule has 1 N–H and O–H groups in total. The summed E-state index contributed by atoms with van der Waals surface area (Å²) in [5.74, 6) is 0. The number of nitrogens with zero attached hydrogens (tertiary/aromatic N) is 1. The van der Waals surface area contributed by atoms with Crippen molar-refractivity contribution in [3.63, 3.8) is 0 Å². The lowest BCUT2D eigenvalue weighted by atomic mass is 10.1. The van der Waals surface area contributed by atoms with E-state index in [-0.39, 0.29) is 11.7 Å². The molecular weight excluding hydrogens is 423 g/mol. The van der Waals surface area contributed by atoms with Crippen LogP contribution >= 0.6 is 43.5 Å². The summed E-state index contributed by atoms with van der Waals surface area (Å²) in [6.07, 6.45) is 0. The molecule has 0 aliphatic heterocycles. The van der Waals surface area contributed by atoms with E-state index < -0.39 is 4.92 Å². The lowest BCUT2D eigenvalue weighted by Crippen LogP contribution is -2.08. The topological polar surface area (TPSA) is 55.2 Å². The largest absolute Gasteiger partial charge is 0.377 e. The minimum absolute atomic E-state index is 0.00368. The van der Waals surface area contributed by atoms with Crippen molar-refractivity contribution in [1.82, 2.24) is 0 Å². The van der Waals surface area contributed by atoms with Gasteiger partial charge < -0.3 is 5.32 Å². The molecule has 2 aromatic carbocycles. The lowest BCUT2D eigenvalue weighted by Gasteiger charge is -2.18. The van der Waals surface area contributed by atoms with Gasteiger partial charge in [-0.15, -0.1) is 0 Å². The summed E-state index contributed by atoms with van der Waals surface area (Å²) in [7, 11) is 0. The predicted molar refractivity (Wildman–Crippen MR) is 92.0 cm³/mol. The zero-order valence-electron chi connectivity index (χ0n) is 10.9. The molecule has 4 nitrogen and oxygen atoms in total. The summed E-state index contributed by atoms with van der Waals surface area (Å²) in [5, 5.41) is 14.5. The third-order valence-corrected chi connectivity index (χ3v) is 4.47. The van der Waals surface area contributed by atoms with Gasteiger partial charge in [-0.2, -0.15) is 0 Å². The molecule has 0 heterocycles. The van der Waals surface area contributed by atoms with Crippen molar-refractivity contribution in [2.75, 3.05) is 5.32 Å².